The third-order valence-electron chi connectivity index (χ3n) is 11.2. The van der Waals surface area contributed by atoms with Crippen molar-refractivity contribution < 1.29 is 16.9 Å². The van der Waals surface area contributed by atoms with Crippen LogP contribution >= 0.6 is 0 Å². The van der Waals surface area contributed by atoms with E-state index < -0.39 is 19.5 Å². The predicted molar refractivity (Wildman–Crippen MR) is 279 cm³/mol. The molecule has 0 saturated carbocycles. The first-order chi connectivity index (χ1) is 31.9. The molecule has 0 aliphatic carbocycles. The van der Waals surface area contributed by atoms with Gasteiger partial charge in [-0.05, 0) is 173 Å². The Hall–Kier alpha value is -4.70. The number of anilines is 10. The molecule has 5 aromatic rings. The number of hydrogen-bond donors (Lipinski definition) is 0. The Bertz CT molecular complexity index is 1860. The number of rotatable bonds is 26. The molecule has 0 heterocycles. The van der Waals surface area contributed by atoms with E-state index in [1.807, 2.05) is 0 Å². The number of nitrogens with zero attached hydrogens (tertiary/aromatic N) is 6. The number of halogens is 6. The first kappa shape index (κ1) is 54.9. The van der Waals surface area contributed by atoms with Gasteiger partial charge in [0.25, 0.3) is 0 Å². The van der Waals surface area contributed by atoms with Crippen LogP contribution in [0.3, 0.4) is 0 Å². The van der Waals surface area contributed by atoms with E-state index in [-0.39, 0.29) is 0 Å². The Kier molecular flexibility index (Phi) is 20.5. The molecule has 0 bridgehead atoms. The summed E-state index contributed by atoms with van der Waals surface area (Å²) in [5.41, 5.74) is 12.0. The van der Waals surface area contributed by atoms with Gasteiger partial charge >= 0.3 is 36.4 Å². The van der Waals surface area contributed by atoms with Gasteiger partial charge in [-0.2, -0.15) is 0 Å². The third kappa shape index (κ3) is 18.0. The predicted octanol–water partition coefficient (Wildman–Crippen LogP) is 17.3. The molecule has 13 heteroatoms. The van der Waals surface area contributed by atoms with Crippen molar-refractivity contribution in [2.45, 2.75) is 107 Å². The first-order valence-corrected chi connectivity index (χ1v) is 30.3. The van der Waals surface area contributed by atoms with Crippen LogP contribution < -0.4 is 29.4 Å². The van der Waals surface area contributed by atoms with Gasteiger partial charge in [0.05, 0.1) is 0 Å². The molecule has 5 rings (SSSR count). The molecular formula is C54H76F6N6Sb-. The van der Waals surface area contributed by atoms with E-state index in [0.717, 1.165) is 138 Å². The summed E-state index contributed by atoms with van der Waals surface area (Å²) in [6.07, 6.45) is 9.09. The Morgan fingerprint density at radius 3 is 0.448 bits per heavy atom. The molecule has 0 aliphatic rings. The van der Waals surface area contributed by atoms with Gasteiger partial charge in [0.1, 0.15) is 0 Å². The zero-order chi connectivity index (χ0) is 49.1. The van der Waals surface area contributed by atoms with Gasteiger partial charge in [-0.3, -0.25) is 0 Å². The van der Waals surface area contributed by atoms with Crippen molar-refractivity contribution >= 4 is 76.3 Å². The minimum absolute atomic E-state index is 1.07. The first-order valence-electron chi connectivity index (χ1n) is 24.5. The second-order valence-electron chi connectivity index (χ2n) is 17.2. The maximum absolute atomic E-state index is 11.2. The van der Waals surface area contributed by atoms with Crippen molar-refractivity contribution in [3.8, 4) is 0 Å². The molecular weight excluding hydrogens is 968 g/mol. The van der Waals surface area contributed by atoms with Gasteiger partial charge in [0.2, 0.25) is 0 Å². The van der Waals surface area contributed by atoms with Crippen LogP contribution in [0.5, 0.6) is 0 Å². The van der Waals surface area contributed by atoms with E-state index in [4.69, 9.17) is 0 Å². The van der Waals surface area contributed by atoms with Gasteiger partial charge in [-0.1, -0.05) is 55.4 Å². The molecule has 0 N–H and O–H groups in total. The fraction of sp³-hybridized carbons (Fsp3) is 0.444. The van der Waals surface area contributed by atoms with Crippen LogP contribution in [-0.4, -0.2) is 71.8 Å². The SMILES string of the molecule is CCCN(CCC)c1ccc(N(c2ccc(N(CCC)CCC)cc2)c2ccc(N(c3ccc(N(CCC)CCC)cc3)c3ccc(N(CCC)CCC)cc3)cc2)cc1.[F][Sb-]([F])([F])([F])([F])[F]. The van der Waals surface area contributed by atoms with Crippen molar-refractivity contribution in [1.29, 1.82) is 0 Å². The summed E-state index contributed by atoms with van der Waals surface area (Å²) in [6.45, 7) is 26.7. The Morgan fingerprint density at radius 2 is 0.343 bits per heavy atom. The van der Waals surface area contributed by atoms with E-state index in [2.05, 4.69) is 206 Å². The van der Waals surface area contributed by atoms with E-state index in [1.165, 1.54) is 22.7 Å². The van der Waals surface area contributed by atoms with Crippen molar-refractivity contribution in [2.24, 2.45) is 0 Å². The minimum atomic E-state index is -11.2. The molecule has 0 unspecified atom stereocenters. The van der Waals surface area contributed by atoms with E-state index in [1.54, 1.807) is 0 Å². The number of hydrogen-bond acceptors (Lipinski definition) is 6. The van der Waals surface area contributed by atoms with Crippen molar-refractivity contribution in [3.05, 3.63) is 121 Å². The van der Waals surface area contributed by atoms with Crippen LogP contribution in [0.1, 0.15) is 107 Å². The summed E-state index contributed by atoms with van der Waals surface area (Å²) in [5.74, 6) is 0. The molecule has 0 saturated heterocycles. The fourth-order valence-electron chi connectivity index (χ4n) is 8.53. The Balaban J connectivity index is 0.00000129. The average molecular weight is 1040 g/mol. The topological polar surface area (TPSA) is 19.4 Å². The molecule has 6 nitrogen and oxygen atoms in total. The summed E-state index contributed by atoms with van der Waals surface area (Å²) >= 11 is -11.2. The monoisotopic (exact) mass is 1040 g/mol. The third-order valence-corrected chi connectivity index (χ3v) is 11.2. The van der Waals surface area contributed by atoms with Crippen molar-refractivity contribution in [3.63, 3.8) is 0 Å². The quantitative estimate of drug-likeness (QED) is 0.0403. The fourth-order valence-corrected chi connectivity index (χ4v) is 8.53. The Labute approximate surface area is 401 Å². The summed E-state index contributed by atoms with van der Waals surface area (Å²) in [7, 11) is 0. The van der Waals surface area contributed by atoms with Crippen LogP contribution in [0.2, 0.25) is 0 Å². The Morgan fingerprint density at radius 1 is 0.239 bits per heavy atom. The second kappa shape index (κ2) is 25.1. The standard InChI is InChI=1S/C54H76N6.6FH.Sb/c1-9-37-55(38-10-2)45-17-25-49(26-18-45)59(50-27-19-46(20-28-50)56(39-11-3)40-12-4)53-33-35-54(36-34-53)60(51-29-21-47(22-30-51)57(41-13-5)42-14-6)52-31-23-48(24-32-52)58(43-15-7)44-16-8;;;;;;;/h17-36H,9-16,37-44H2,1-8H3;6*1H;/q;;;;;;;+5/p-6. The van der Waals surface area contributed by atoms with Crippen LogP contribution in [0.4, 0.5) is 73.8 Å². The average Bonchev–Trinajstić information content (AvgIpc) is 3.29. The molecule has 5 aromatic carbocycles. The molecule has 0 atom stereocenters. The van der Waals surface area contributed by atoms with Gasteiger partial charge in [-0.25, -0.2) is 0 Å². The van der Waals surface area contributed by atoms with Gasteiger partial charge in [0.15, 0.2) is 0 Å². The zero-order valence-corrected chi connectivity index (χ0v) is 43.8. The summed E-state index contributed by atoms with van der Waals surface area (Å²) in [5, 5.41) is 0. The van der Waals surface area contributed by atoms with Crippen LogP contribution in [-0.2, 0) is 0 Å². The van der Waals surface area contributed by atoms with Crippen LogP contribution in [0.25, 0.3) is 0 Å². The summed E-state index contributed by atoms with van der Waals surface area (Å²) in [4.78, 5) is 14.9. The maximum atomic E-state index is 9.93. The molecule has 0 aromatic heterocycles. The molecule has 0 radical (unpaired) electrons. The summed E-state index contributed by atoms with van der Waals surface area (Å²) in [6, 6.07) is 46.0. The molecule has 0 amide bonds. The van der Waals surface area contributed by atoms with Crippen LogP contribution in [0, 0.1) is 0 Å². The zero-order valence-electron chi connectivity index (χ0n) is 41.3. The van der Waals surface area contributed by atoms with Crippen molar-refractivity contribution in [1.82, 2.24) is 0 Å². The van der Waals surface area contributed by atoms with E-state index in [9.17, 15) is 16.9 Å². The van der Waals surface area contributed by atoms with Gasteiger partial charge in [-0.15, -0.1) is 0 Å². The van der Waals surface area contributed by atoms with Gasteiger partial charge < -0.3 is 29.4 Å². The second-order valence-corrected chi connectivity index (χ2v) is 22.6. The molecule has 0 fully saturated rings. The normalized spacial score (nSPS) is 12.3. The van der Waals surface area contributed by atoms with Crippen LogP contribution in [0.15, 0.2) is 121 Å². The molecule has 0 spiro atoms. The molecule has 0 aliphatic heterocycles. The van der Waals surface area contributed by atoms with Crippen molar-refractivity contribution in [2.75, 3.05) is 81.8 Å². The molecule has 370 valence electrons. The van der Waals surface area contributed by atoms with E-state index >= 15 is 0 Å². The number of benzene rings is 5. The molecule has 67 heavy (non-hydrogen) atoms. The van der Waals surface area contributed by atoms with Gasteiger partial charge in [0, 0.05) is 109 Å². The van der Waals surface area contributed by atoms with E-state index in [0.29, 0.717) is 0 Å². The summed E-state index contributed by atoms with van der Waals surface area (Å²) < 4.78 is 59.6.